The molecular weight excluding hydrogens is 306 g/mol. The van der Waals surface area contributed by atoms with E-state index in [1.165, 1.54) is 0 Å². The highest BCUT2D eigenvalue weighted by atomic mass is 16.5. The Morgan fingerprint density at radius 1 is 1.33 bits per heavy atom. The van der Waals surface area contributed by atoms with E-state index in [4.69, 9.17) is 4.74 Å². The van der Waals surface area contributed by atoms with Gasteiger partial charge in [0.2, 0.25) is 5.91 Å². The summed E-state index contributed by atoms with van der Waals surface area (Å²) in [6.07, 6.45) is 0.837. The molecule has 1 saturated heterocycles. The van der Waals surface area contributed by atoms with Crippen LogP contribution in [0.4, 0.5) is 16.2 Å². The van der Waals surface area contributed by atoms with Crippen molar-refractivity contribution >= 4 is 23.3 Å². The highest BCUT2D eigenvalue weighted by Gasteiger charge is 2.33. The van der Waals surface area contributed by atoms with E-state index >= 15 is 0 Å². The Morgan fingerprint density at radius 3 is 2.75 bits per heavy atom. The smallest absolute Gasteiger partial charge is 0.322 e. The maximum absolute atomic E-state index is 12.6. The summed E-state index contributed by atoms with van der Waals surface area (Å²) in [6, 6.07) is 5.61. The number of fused-ring (bicyclic) bond motifs is 1. The molecule has 2 heterocycles. The predicted octanol–water partition coefficient (Wildman–Crippen LogP) is 2.63. The molecule has 1 N–H and O–H groups in total. The molecule has 6 nitrogen and oxygen atoms in total. The van der Waals surface area contributed by atoms with E-state index in [0.29, 0.717) is 19.6 Å². The normalized spacial score (nSPS) is 22.2. The summed E-state index contributed by atoms with van der Waals surface area (Å²) in [6.45, 7) is 9.39. The van der Waals surface area contributed by atoms with Gasteiger partial charge in [-0.1, -0.05) is 0 Å². The molecule has 6 heteroatoms. The monoisotopic (exact) mass is 331 g/mol. The molecule has 0 bridgehead atoms. The molecular formula is C18H25N3O3. The van der Waals surface area contributed by atoms with Gasteiger partial charge in [0.15, 0.2) is 0 Å². The number of nitrogens with one attached hydrogen (secondary N) is 1. The predicted molar refractivity (Wildman–Crippen MR) is 93.4 cm³/mol. The number of carbonyl (C=O) groups is 2. The van der Waals surface area contributed by atoms with Crippen LogP contribution in [0.25, 0.3) is 0 Å². The molecule has 1 fully saturated rings. The van der Waals surface area contributed by atoms with Crippen molar-refractivity contribution in [3.05, 3.63) is 23.8 Å². The van der Waals surface area contributed by atoms with Gasteiger partial charge in [0.25, 0.3) is 0 Å². The van der Waals surface area contributed by atoms with Crippen LogP contribution in [-0.4, -0.2) is 48.2 Å². The summed E-state index contributed by atoms with van der Waals surface area (Å²) >= 11 is 0. The second-order valence-electron chi connectivity index (χ2n) is 7.26. The number of hydrogen-bond donors (Lipinski definition) is 1. The number of hydrogen-bond acceptors (Lipinski definition) is 3. The van der Waals surface area contributed by atoms with Gasteiger partial charge in [-0.25, -0.2) is 4.79 Å². The minimum atomic E-state index is -0.338. The fraction of sp³-hybridized carbons (Fsp3) is 0.556. The molecule has 2 aliphatic heterocycles. The minimum Gasteiger partial charge on any atom is -0.369 e. The van der Waals surface area contributed by atoms with Crippen LogP contribution in [0, 0.1) is 0 Å². The lowest BCUT2D eigenvalue weighted by Gasteiger charge is -2.41. The Hall–Kier alpha value is -2.08. The minimum absolute atomic E-state index is 0.0173. The van der Waals surface area contributed by atoms with Crippen molar-refractivity contribution in [3.8, 4) is 0 Å². The Kier molecular flexibility index (Phi) is 4.25. The number of carbonyl (C=O) groups excluding carboxylic acids is 2. The molecule has 0 saturated carbocycles. The number of ether oxygens (including phenoxy) is 1. The first kappa shape index (κ1) is 16.8. The second-order valence-corrected chi connectivity index (χ2v) is 7.26. The molecule has 24 heavy (non-hydrogen) atoms. The van der Waals surface area contributed by atoms with Crippen LogP contribution in [-0.2, 0) is 16.0 Å². The molecule has 3 amide bonds. The van der Waals surface area contributed by atoms with E-state index in [-0.39, 0.29) is 23.6 Å². The van der Waals surface area contributed by atoms with E-state index < -0.39 is 0 Å². The molecule has 1 unspecified atom stereocenters. The highest BCUT2D eigenvalue weighted by Crippen LogP contribution is 2.30. The van der Waals surface area contributed by atoms with Crippen LogP contribution in [0.15, 0.2) is 18.2 Å². The maximum Gasteiger partial charge on any atom is 0.322 e. The van der Waals surface area contributed by atoms with Crippen LogP contribution in [0.1, 0.15) is 33.3 Å². The summed E-state index contributed by atoms with van der Waals surface area (Å²) in [7, 11) is 0. The third-order valence-corrected chi connectivity index (χ3v) is 4.46. The Bertz CT molecular complexity index is 671. The lowest BCUT2D eigenvalue weighted by molar-refractivity contribution is -0.116. The van der Waals surface area contributed by atoms with Crippen LogP contribution >= 0.6 is 0 Å². The number of nitrogens with zero attached hydrogens (tertiary/aromatic N) is 2. The third-order valence-electron chi connectivity index (χ3n) is 4.46. The lowest BCUT2D eigenvalue weighted by atomic mass is 10.1. The van der Waals surface area contributed by atoms with Crippen molar-refractivity contribution in [1.82, 2.24) is 4.90 Å². The average Bonchev–Trinajstić information content (AvgIpc) is 2.88. The summed E-state index contributed by atoms with van der Waals surface area (Å²) in [4.78, 5) is 27.7. The zero-order valence-corrected chi connectivity index (χ0v) is 14.8. The number of amides is 3. The standard InChI is InChI=1S/C18H25N3O3/c1-12-10-20(11-18(3,4)24-12)17(23)19-15-5-6-16-14(9-15)7-8-21(16)13(2)22/h5-6,9,12H,7-8,10-11H2,1-4H3,(H,19,23). The molecule has 0 aromatic heterocycles. The van der Waals surface area contributed by atoms with E-state index in [0.717, 1.165) is 23.4 Å². The molecule has 0 spiro atoms. The Morgan fingerprint density at radius 2 is 2.08 bits per heavy atom. The molecule has 0 aliphatic carbocycles. The topological polar surface area (TPSA) is 61.9 Å². The van der Waals surface area contributed by atoms with E-state index in [9.17, 15) is 9.59 Å². The maximum atomic E-state index is 12.6. The van der Waals surface area contributed by atoms with Crippen molar-refractivity contribution < 1.29 is 14.3 Å². The van der Waals surface area contributed by atoms with Crippen molar-refractivity contribution in [3.63, 3.8) is 0 Å². The quantitative estimate of drug-likeness (QED) is 0.860. The zero-order chi connectivity index (χ0) is 17.5. The number of benzene rings is 1. The lowest BCUT2D eigenvalue weighted by Crippen LogP contribution is -2.54. The van der Waals surface area contributed by atoms with Crippen LogP contribution < -0.4 is 10.2 Å². The first-order chi connectivity index (χ1) is 11.2. The van der Waals surface area contributed by atoms with Gasteiger partial charge < -0.3 is 19.9 Å². The van der Waals surface area contributed by atoms with Crippen LogP contribution in [0.5, 0.6) is 0 Å². The van der Waals surface area contributed by atoms with Crippen LogP contribution in [0.2, 0.25) is 0 Å². The molecule has 1 aromatic carbocycles. The van der Waals surface area contributed by atoms with Crippen LogP contribution in [0.3, 0.4) is 0 Å². The van der Waals surface area contributed by atoms with E-state index in [2.05, 4.69) is 5.32 Å². The van der Waals surface area contributed by atoms with Gasteiger partial charge in [0.05, 0.1) is 18.2 Å². The van der Waals surface area contributed by atoms with Gasteiger partial charge in [-0.3, -0.25) is 4.79 Å². The largest absolute Gasteiger partial charge is 0.369 e. The second kappa shape index (κ2) is 6.09. The number of rotatable bonds is 1. The SMILES string of the molecule is CC(=O)N1CCc2cc(NC(=O)N3CC(C)OC(C)(C)C3)ccc21. The van der Waals surface area contributed by atoms with Gasteiger partial charge in [0.1, 0.15) is 0 Å². The van der Waals surface area contributed by atoms with Crippen molar-refractivity contribution in [2.75, 3.05) is 29.9 Å². The number of morpholine rings is 1. The van der Waals surface area contributed by atoms with Gasteiger partial charge >= 0.3 is 6.03 Å². The van der Waals surface area contributed by atoms with Crippen molar-refractivity contribution in [2.45, 2.75) is 45.8 Å². The van der Waals surface area contributed by atoms with Gasteiger partial charge in [-0.15, -0.1) is 0 Å². The van der Waals surface area contributed by atoms with Gasteiger partial charge in [-0.2, -0.15) is 0 Å². The van der Waals surface area contributed by atoms with E-state index in [1.807, 2.05) is 39.0 Å². The summed E-state index contributed by atoms with van der Waals surface area (Å²) in [5, 5.41) is 2.97. The Labute approximate surface area is 142 Å². The summed E-state index contributed by atoms with van der Waals surface area (Å²) < 4.78 is 5.84. The van der Waals surface area contributed by atoms with Gasteiger partial charge in [-0.05, 0) is 51.0 Å². The average molecular weight is 331 g/mol. The fourth-order valence-corrected chi connectivity index (χ4v) is 3.62. The Balaban J connectivity index is 1.71. The number of anilines is 2. The van der Waals surface area contributed by atoms with E-state index in [1.54, 1.807) is 16.7 Å². The molecule has 1 atom stereocenters. The number of urea groups is 1. The zero-order valence-electron chi connectivity index (χ0n) is 14.8. The van der Waals surface area contributed by atoms with Crippen molar-refractivity contribution in [2.24, 2.45) is 0 Å². The molecule has 2 aliphatic rings. The van der Waals surface area contributed by atoms with Gasteiger partial charge in [0, 0.05) is 31.4 Å². The molecule has 1 aromatic rings. The summed E-state index contributed by atoms with van der Waals surface area (Å²) in [5.74, 6) is 0.0510. The molecule has 0 radical (unpaired) electrons. The highest BCUT2D eigenvalue weighted by molar-refractivity contribution is 5.95. The molecule has 130 valence electrons. The van der Waals surface area contributed by atoms with Crippen molar-refractivity contribution in [1.29, 1.82) is 0 Å². The first-order valence-corrected chi connectivity index (χ1v) is 8.40. The third kappa shape index (κ3) is 3.38. The summed E-state index contributed by atoms with van der Waals surface area (Å²) in [5.41, 5.74) is 2.47. The molecule has 3 rings (SSSR count). The first-order valence-electron chi connectivity index (χ1n) is 8.40. The fourth-order valence-electron chi connectivity index (χ4n) is 3.62.